The normalized spacial score (nSPS) is 21.7. The summed E-state index contributed by atoms with van der Waals surface area (Å²) >= 11 is 0. The van der Waals surface area contributed by atoms with Gasteiger partial charge in [0.05, 0.1) is 11.6 Å². The number of fused-ring (bicyclic) bond motifs is 1. The molecule has 4 heteroatoms. The lowest BCUT2D eigenvalue weighted by Crippen LogP contribution is -2.17. The molecule has 13 heavy (non-hydrogen) atoms. The van der Waals surface area contributed by atoms with Gasteiger partial charge in [-0.1, -0.05) is 0 Å². The molecule has 0 aromatic carbocycles. The van der Waals surface area contributed by atoms with E-state index in [-0.39, 0.29) is 11.7 Å². The molecule has 0 spiro atoms. The summed E-state index contributed by atoms with van der Waals surface area (Å²) in [6.45, 7) is 1.90. The Morgan fingerprint density at radius 3 is 2.92 bits per heavy atom. The van der Waals surface area contributed by atoms with Crippen LogP contribution in [0.4, 0.5) is 5.82 Å². The Labute approximate surface area is 76.7 Å². The maximum Gasteiger partial charge on any atom is 0.142 e. The zero-order valence-electron chi connectivity index (χ0n) is 7.87. The minimum absolute atomic E-state index is 0.0766. The summed E-state index contributed by atoms with van der Waals surface area (Å²) in [7, 11) is 1.81. The van der Waals surface area contributed by atoms with E-state index in [4.69, 9.17) is 5.73 Å². The summed E-state index contributed by atoms with van der Waals surface area (Å²) in [5, 5.41) is 4.25. The Balaban J connectivity index is 2.55. The number of anilines is 1. The summed E-state index contributed by atoms with van der Waals surface area (Å²) < 4.78 is 1.65. The van der Waals surface area contributed by atoms with Crippen LogP contribution in [-0.2, 0) is 18.3 Å². The highest BCUT2D eigenvalue weighted by Crippen LogP contribution is 2.30. The lowest BCUT2D eigenvalue weighted by Gasteiger charge is -2.15. The molecule has 1 aromatic rings. The zero-order chi connectivity index (χ0) is 9.59. The summed E-state index contributed by atoms with van der Waals surface area (Å²) in [4.78, 5) is 11.4. The number of aryl methyl sites for hydroxylation is 1. The van der Waals surface area contributed by atoms with Crippen LogP contribution in [0.25, 0.3) is 0 Å². The van der Waals surface area contributed by atoms with Crippen LogP contribution >= 0.6 is 0 Å². The van der Waals surface area contributed by atoms with Crippen molar-refractivity contribution in [2.24, 2.45) is 7.05 Å². The SMILES string of the molecule is CC1C(=O)CCc2c1nn(C)c2N. The minimum atomic E-state index is -0.0766. The minimum Gasteiger partial charge on any atom is -0.384 e. The maximum atomic E-state index is 11.4. The predicted molar refractivity (Wildman–Crippen MR) is 49.4 cm³/mol. The molecule has 1 heterocycles. The number of aromatic nitrogens is 2. The van der Waals surface area contributed by atoms with E-state index in [9.17, 15) is 4.79 Å². The van der Waals surface area contributed by atoms with Gasteiger partial charge in [0.1, 0.15) is 11.6 Å². The second-order valence-electron chi connectivity index (χ2n) is 3.56. The molecule has 0 fully saturated rings. The van der Waals surface area contributed by atoms with Crippen molar-refractivity contribution in [1.82, 2.24) is 9.78 Å². The van der Waals surface area contributed by atoms with E-state index < -0.39 is 0 Å². The molecule has 0 saturated heterocycles. The lowest BCUT2D eigenvalue weighted by atomic mass is 9.88. The van der Waals surface area contributed by atoms with Crippen LogP contribution in [0.3, 0.4) is 0 Å². The Kier molecular flexibility index (Phi) is 1.65. The van der Waals surface area contributed by atoms with Gasteiger partial charge in [0.2, 0.25) is 0 Å². The number of hydrogen-bond acceptors (Lipinski definition) is 3. The van der Waals surface area contributed by atoms with Gasteiger partial charge in [-0.2, -0.15) is 5.10 Å². The molecule has 0 saturated carbocycles. The van der Waals surface area contributed by atoms with Gasteiger partial charge in [0, 0.05) is 19.0 Å². The first kappa shape index (κ1) is 8.29. The monoisotopic (exact) mass is 179 g/mol. The first-order valence-electron chi connectivity index (χ1n) is 4.45. The van der Waals surface area contributed by atoms with Crippen molar-refractivity contribution in [2.45, 2.75) is 25.7 Å². The molecular weight excluding hydrogens is 166 g/mol. The highest BCUT2D eigenvalue weighted by atomic mass is 16.1. The molecule has 1 unspecified atom stereocenters. The number of hydrogen-bond donors (Lipinski definition) is 1. The molecule has 1 aromatic heterocycles. The van der Waals surface area contributed by atoms with Crippen molar-refractivity contribution >= 4 is 11.6 Å². The van der Waals surface area contributed by atoms with E-state index >= 15 is 0 Å². The number of carbonyl (C=O) groups is 1. The zero-order valence-corrected chi connectivity index (χ0v) is 7.87. The van der Waals surface area contributed by atoms with Crippen LogP contribution in [0.1, 0.15) is 30.5 Å². The average molecular weight is 179 g/mol. The molecule has 0 bridgehead atoms. The molecule has 70 valence electrons. The Morgan fingerprint density at radius 2 is 2.23 bits per heavy atom. The third-order valence-electron chi connectivity index (χ3n) is 2.74. The first-order chi connectivity index (χ1) is 6.11. The van der Waals surface area contributed by atoms with Crippen molar-refractivity contribution < 1.29 is 4.79 Å². The van der Waals surface area contributed by atoms with Crippen molar-refractivity contribution in [3.8, 4) is 0 Å². The Bertz CT molecular complexity index is 367. The van der Waals surface area contributed by atoms with Gasteiger partial charge in [-0.3, -0.25) is 9.48 Å². The number of nitrogen functional groups attached to an aromatic ring is 1. The number of nitrogens with two attached hydrogens (primary N) is 1. The highest BCUT2D eigenvalue weighted by Gasteiger charge is 2.28. The largest absolute Gasteiger partial charge is 0.384 e. The van der Waals surface area contributed by atoms with Crippen LogP contribution in [-0.4, -0.2) is 15.6 Å². The summed E-state index contributed by atoms with van der Waals surface area (Å²) in [5.74, 6) is 0.896. The van der Waals surface area contributed by atoms with Gasteiger partial charge >= 0.3 is 0 Å². The van der Waals surface area contributed by atoms with Crippen molar-refractivity contribution in [2.75, 3.05) is 5.73 Å². The van der Waals surface area contributed by atoms with E-state index in [1.165, 1.54) is 0 Å². The number of nitrogens with zero attached hydrogens (tertiary/aromatic N) is 2. The number of ketones is 1. The lowest BCUT2D eigenvalue weighted by molar-refractivity contribution is -0.120. The molecular formula is C9H13N3O. The van der Waals surface area contributed by atoms with Crippen molar-refractivity contribution in [3.63, 3.8) is 0 Å². The average Bonchev–Trinajstić information content (AvgIpc) is 2.38. The first-order valence-corrected chi connectivity index (χ1v) is 4.45. The topological polar surface area (TPSA) is 60.9 Å². The van der Waals surface area contributed by atoms with E-state index in [2.05, 4.69) is 5.10 Å². The summed E-state index contributed by atoms with van der Waals surface area (Å²) in [6, 6.07) is 0. The van der Waals surface area contributed by atoms with Crippen molar-refractivity contribution in [3.05, 3.63) is 11.3 Å². The molecule has 2 rings (SSSR count). The predicted octanol–water partition coefficient (Wildman–Crippen LogP) is 0.621. The van der Waals surface area contributed by atoms with Crippen LogP contribution in [0.2, 0.25) is 0 Å². The second-order valence-corrected chi connectivity index (χ2v) is 3.56. The smallest absolute Gasteiger partial charge is 0.142 e. The number of Topliss-reactive ketones (excluding diaryl/α,β-unsaturated/α-hetero) is 1. The summed E-state index contributed by atoms with van der Waals surface area (Å²) in [6.07, 6.45) is 1.35. The van der Waals surface area contributed by atoms with Crippen LogP contribution in [0.15, 0.2) is 0 Å². The van der Waals surface area contributed by atoms with Gasteiger partial charge in [-0.15, -0.1) is 0 Å². The van der Waals surface area contributed by atoms with Crippen LogP contribution in [0.5, 0.6) is 0 Å². The number of carbonyl (C=O) groups excluding carboxylic acids is 1. The molecule has 1 aliphatic rings. The molecule has 0 aliphatic heterocycles. The fraction of sp³-hybridized carbons (Fsp3) is 0.556. The van der Waals surface area contributed by atoms with Crippen molar-refractivity contribution in [1.29, 1.82) is 0 Å². The Morgan fingerprint density at radius 1 is 1.54 bits per heavy atom. The third-order valence-corrected chi connectivity index (χ3v) is 2.74. The summed E-state index contributed by atoms with van der Waals surface area (Å²) in [5.41, 5.74) is 7.76. The number of rotatable bonds is 0. The Hall–Kier alpha value is -1.32. The third kappa shape index (κ3) is 1.05. The van der Waals surface area contributed by atoms with Gasteiger partial charge in [-0.25, -0.2) is 0 Å². The van der Waals surface area contributed by atoms with E-state index in [0.29, 0.717) is 12.2 Å². The fourth-order valence-corrected chi connectivity index (χ4v) is 1.82. The molecule has 4 nitrogen and oxygen atoms in total. The van der Waals surface area contributed by atoms with E-state index in [1.54, 1.807) is 4.68 Å². The fourth-order valence-electron chi connectivity index (χ4n) is 1.82. The molecule has 2 N–H and O–H groups in total. The highest BCUT2D eigenvalue weighted by molar-refractivity contribution is 5.87. The molecule has 0 radical (unpaired) electrons. The van der Waals surface area contributed by atoms with E-state index in [0.717, 1.165) is 17.7 Å². The van der Waals surface area contributed by atoms with E-state index in [1.807, 2.05) is 14.0 Å². The molecule has 0 amide bonds. The quantitative estimate of drug-likeness (QED) is 0.635. The van der Waals surface area contributed by atoms with Crippen LogP contribution < -0.4 is 5.73 Å². The van der Waals surface area contributed by atoms with Gasteiger partial charge < -0.3 is 5.73 Å². The maximum absolute atomic E-state index is 11.4. The molecule has 1 aliphatic carbocycles. The van der Waals surface area contributed by atoms with Crippen LogP contribution in [0, 0.1) is 0 Å². The standard InChI is InChI=1S/C9H13N3O/c1-5-7(13)4-3-6-8(5)11-12(2)9(6)10/h5H,3-4,10H2,1-2H3. The van der Waals surface area contributed by atoms with Gasteiger partial charge in [0.25, 0.3) is 0 Å². The second kappa shape index (κ2) is 2.58. The molecule has 1 atom stereocenters. The van der Waals surface area contributed by atoms with Gasteiger partial charge in [0.15, 0.2) is 0 Å². The van der Waals surface area contributed by atoms with Gasteiger partial charge in [-0.05, 0) is 13.3 Å².